The summed E-state index contributed by atoms with van der Waals surface area (Å²) in [7, 11) is 0. The molecule has 236 valence electrons. The molecular weight excluding hydrogens is 666 g/mol. The number of anilines is 2. The van der Waals surface area contributed by atoms with E-state index in [1.807, 2.05) is 0 Å². The van der Waals surface area contributed by atoms with Crippen molar-refractivity contribution >= 4 is 72.1 Å². The van der Waals surface area contributed by atoms with Crippen LogP contribution in [0.15, 0.2) is 25.3 Å². The SMILES string of the molecule is Nc1ncnc2c1ncn2[C@@H]1O[C@@H]2COP(=O)(S)O[C@@H]3[C@H](O)[C@@H](CO[P@@](=O)(S)O[C@H]2[C@H]1O)O[C@H]3n1cnc2c(N)ncnc21. The predicted octanol–water partition coefficient (Wildman–Crippen LogP) is 0.240. The molecule has 1 unspecified atom stereocenters. The lowest BCUT2D eigenvalue weighted by Gasteiger charge is -2.26. The van der Waals surface area contributed by atoms with Crippen LogP contribution in [0, 0.1) is 0 Å². The van der Waals surface area contributed by atoms with Crippen molar-refractivity contribution < 1.29 is 46.9 Å². The van der Waals surface area contributed by atoms with Gasteiger partial charge >= 0.3 is 13.6 Å². The standard InChI is InChI=1S/C20H24N10O10P2S2/c21-15-9-17(25-3-23-15)29(5-27-9)19-12(32)13-8(38-19)2-36-42(34,44)40-14-11(31)7(1-35-41(33,43)39-13)37-20(14)30-6-28-10-16(22)24-4-26-18(10)30/h3-8,11-14,19-20,31-32H,1-2H2,(H,33,43)(H,34,44)(H2,21,23,25)(H2,22,24,26)/t7-,8-,11-,12-,13-,14-,19-,20-,41-,42?/m1/s1. The lowest BCUT2D eigenvalue weighted by atomic mass is 10.1. The number of aromatic nitrogens is 8. The van der Waals surface area contributed by atoms with E-state index in [2.05, 4.69) is 54.4 Å². The summed E-state index contributed by atoms with van der Waals surface area (Å²) in [5, 5.41) is 22.4. The molecule has 6 N–H and O–H groups in total. The van der Waals surface area contributed by atoms with Gasteiger partial charge in [-0.15, -0.1) is 0 Å². The fourth-order valence-corrected chi connectivity index (χ4v) is 8.17. The number of aliphatic hydroxyl groups excluding tert-OH is 2. The van der Waals surface area contributed by atoms with Crippen molar-refractivity contribution in [1.29, 1.82) is 0 Å². The van der Waals surface area contributed by atoms with Gasteiger partial charge in [-0.05, 0) is 0 Å². The molecule has 0 aliphatic carbocycles. The highest BCUT2D eigenvalue weighted by molar-refractivity contribution is 8.44. The van der Waals surface area contributed by atoms with E-state index in [-0.39, 0.29) is 34.0 Å². The number of hydrogen-bond acceptors (Lipinski definition) is 18. The molecule has 44 heavy (non-hydrogen) atoms. The third kappa shape index (κ3) is 5.27. The molecule has 0 saturated carbocycles. The highest BCUT2D eigenvalue weighted by Gasteiger charge is 2.53. The largest absolute Gasteiger partial charge is 0.387 e. The average molecular weight is 691 g/mol. The van der Waals surface area contributed by atoms with Gasteiger partial charge in [-0.25, -0.2) is 39.0 Å². The van der Waals surface area contributed by atoms with Crippen molar-refractivity contribution in [3.8, 4) is 0 Å². The summed E-state index contributed by atoms with van der Waals surface area (Å²) in [4.78, 5) is 24.5. The molecule has 0 radical (unpaired) electrons. The zero-order valence-corrected chi connectivity index (χ0v) is 25.6. The number of imidazole rings is 2. The second-order valence-electron chi connectivity index (χ2n) is 9.95. The maximum atomic E-state index is 13.5. The van der Waals surface area contributed by atoms with Crippen LogP contribution in [0.3, 0.4) is 0 Å². The Morgan fingerprint density at radius 2 is 1.23 bits per heavy atom. The molecule has 4 aromatic rings. The monoisotopic (exact) mass is 690 g/mol. The number of nitrogens with zero attached hydrogens (tertiary/aromatic N) is 8. The molecule has 24 heteroatoms. The first-order chi connectivity index (χ1) is 20.9. The molecule has 0 spiro atoms. The zero-order chi connectivity index (χ0) is 31.0. The Morgan fingerprint density at radius 3 is 1.82 bits per heavy atom. The van der Waals surface area contributed by atoms with Crippen LogP contribution >= 0.6 is 38.1 Å². The van der Waals surface area contributed by atoms with Gasteiger partial charge in [0.05, 0.1) is 25.9 Å². The van der Waals surface area contributed by atoms with Crippen LogP contribution in [0.1, 0.15) is 12.5 Å². The van der Waals surface area contributed by atoms with Gasteiger partial charge in [-0.1, -0.05) is 24.5 Å². The summed E-state index contributed by atoms with van der Waals surface area (Å²) >= 11 is 8.17. The van der Waals surface area contributed by atoms with Crippen molar-refractivity contribution in [3.63, 3.8) is 0 Å². The fourth-order valence-electron chi connectivity index (χ4n) is 5.22. The predicted molar refractivity (Wildman–Crippen MR) is 154 cm³/mol. The Balaban J connectivity index is 1.20. The normalized spacial score (nSPS) is 38.3. The number of aliphatic hydroxyl groups is 2. The molecule has 7 heterocycles. The van der Waals surface area contributed by atoms with Gasteiger partial charge in [0.2, 0.25) is 0 Å². The van der Waals surface area contributed by atoms with Crippen LogP contribution in [0.4, 0.5) is 11.6 Å². The fraction of sp³-hybridized carbons (Fsp3) is 0.500. The van der Waals surface area contributed by atoms with Crippen LogP contribution in [-0.4, -0.2) is 99.1 Å². The van der Waals surface area contributed by atoms with Gasteiger partial charge in [0.15, 0.2) is 35.4 Å². The summed E-state index contributed by atoms with van der Waals surface area (Å²) in [6, 6.07) is 0. The molecular formula is C20H24N10O10P2S2. The molecule has 3 aliphatic heterocycles. The number of rotatable bonds is 2. The van der Waals surface area contributed by atoms with Crippen LogP contribution in [0.25, 0.3) is 22.3 Å². The van der Waals surface area contributed by atoms with Crippen LogP contribution < -0.4 is 11.5 Å². The van der Waals surface area contributed by atoms with Gasteiger partial charge in [0.25, 0.3) is 0 Å². The summed E-state index contributed by atoms with van der Waals surface area (Å²) in [5.41, 5.74) is 12.7. The lowest BCUT2D eigenvalue weighted by Crippen LogP contribution is -2.35. The minimum atomic E-state index is -4.31. The zero-order valence-electron chi connectivity index (χ0n) is 22.0. The first-order valence-electron chi connectivity index (χ1n) is 12.8. The maximum Gasteiger partial charge on any atom is 0.386 e. The smallest absolute Gasteiger partial charge is 0.386 e. The molecule has 4 aromatic heterocycles. The van der Waals surface area contributed by atoms with Crippen LogP contribution in [0.5, 0.6) is 0 Å². The first-order valence-corrected chi connectivity index (χ1v) is 18.2. The van der Waals surface area contributed by atoms with E-state index in [0.717, 1.165) is 0 Å². The third-order valence-electron chi connectivity index (χ3n) is 7.26. The number of ether oxygens (including phenoxy) is 2. The molecule has 0 aromatic carbocycles. The molecule has 3 aliphatic rings. The average Bonchev–Trinajstić information content (AvgIpc) is 3.73. The molecule has 2 bridgehead atoms. The van der Waals surface area contributed by atoms with Crippen LogP contribution in [0.2, 0.25) is 0 Å². The second-order valence-corrected chi connectivity index (χ2v) is 15.7. The molecule has 20 nitrogen and oxygen atoms in total. The number of thiol groups is 2. The molecule has 3 fully saturated rings. The van der Waals surface area contributed by atoms with Crippen molar-refractivity contribution in [3.05, 3.63) is 25.3 Å². The Bertz CT molecular complexity index is 1830. The molecule has 7 rings (SSSR count). The van der Waals surface area contributed by atoms with Gasteiger partial charge in [-0.3, -0.25) is 27.2 Å². The third-order valence-corrected chi connectivity index (χ3v) is 10.5. The molecule has 0 amide bonds. The van der Waals surface area contributed by atoms with E-state index in [4.69, 9.17) is 39.0 Å². The minimum absolute atomic E-state index is 0.0920. The second kappa shape index (κ2) is 11.1. The highest BCUT2D eigenvalue weighted by Crippen LogP contribution is 2.60. The van der Waals surface area contributed by atoms with E-state index >= 15 is 0 Å². The first kappa shape index (κ1) is 30.2. The molecule has 10 atom stereocenters. The van der Waals surface area contributed by atoms with E-state index < -0.39 is 75.9 Å². The van der Waals surface area contributed by atoms with E-state index in [9.17, 15) is 19.3 Å². The Morgan fingerprint density at radius 1 is 0.727 bits per heavy atom. The number of nitrogen functional groups attached to an aromatic ring is 2. The minimum Gasteiger partial charge on any atom is -0.387 e. The van der Waals surface area contributed by atoms with E-state index in [1.165, 1.54) is 34.4 Å². The van der Waals surface area contributed by atoms with Gasteiger partial charge in [0.1, 0.15) is 60.3 Å². The molecule has 3 saturated heterocycles. The topological polar surface area (TPSA) is 269 Å². The highest BCUT2D eigenvalue weighted by atomic mass is 32.7. The Kier molecular flexibility index (Phi) is 7.63. The lowest BCUT2D eigenvalue weighted by molar-refractivity contribution is -0.0575. The Labute approximate surface area is 256 Å². The van der Waals surface area contributed by atoms with Crippen LogP contribution in [-0.2, 0) is 36.7 Å². The summed E-state index contributed by atoms with van der Waals surface area (Å²) < 4.78 is 64.0. The van der Waals surface area contributed by atoms with Gasteiger partial charge < -0.3 is 31.2 Å². The van der Waals surface area contributed by atoms with Crippen molar-refractivity contribution in [2.45, 2.75) is 49.1 Å². The maximum absolute atomic E-state index is 13.5. The number of nitrogens with two attached hydrogens (primary N) is 2. The number of hydrogen-bond donors (Lipinski definition) is 6. The van der Waals surface area contributed by atoms with Crippen molar-refractivity contribution in [1.82, 2.24) is 39.0 Å². The van der Waals surface area contributed by atoms with Gasteiger partial charge in [-0.2, -0.15) is 0 Å². The van der Waals surface area contributed by atoms with Crippen molar-refractivity contribution in [2.75, 3.05) is 24.7 Å². The van der Waals surface area contributed by atoms with E-state index in [1.54, 1.807) is 0 Å². The number of fused-ring (bicyclic) bond motifs is 5. The Hall–Kier alpha value is -2.46. The van der Waals surface area contributed by atoms with Crippen molar-refractivity contribution in [2.24, 2.45) is 0 Å². The summed E-state index contributed by atoms with van der Waals surface area (Å²) in [6.45, 7) is -9.67. The van der Waals surface area contributed by atoms with E-state index in [0.29, 0.717) is 0 Å². The summed E-state index contributed by atoms with van der Waals surface area (Å²) in [5.74, 6) is 0.191. The summed E-state index contributed by atoms with van der Waals surface area (Å²) in [6.07, 6.45) is -5.58. The van der Waals surface area contributed by atoms with Gasteiger partial charge in [0, 0.05) is 0 Å². The quantitative estimate of drug-likeness (QED) is 0.121.